The number of halogens is 1. The lowest BCUT2D eigenvalue weighted by atomic mass is 10.0. The molecule has 5 N–H and O–H groups in total. The van der Waals surface area contributed by atoms with Gasteiger partial charge in [-0.25, -0.2) is 18.6 Å². The molecule has 14 heteroatoms. The predicted octanol–water partition coefficient (Wildman–Crippen LogP) is -2.90. The van der Waals surface area contributed by atoms with Gasteiger partial charge in [0, 0.05) is 31.7 Å². The highest BCUT2D eigenvalue weighted by Gasteiger charge is 2.18. The minimum Gasteiger partial charge on any atom is -0.369 e. The maximum absolute atomic E-state index is 12.6. The average Bonchev–Trinajstić information content (AvgIpc) is 2.75. The van der Waals surface area contributed by atoms with Crippen LogP contribution in [0.2, 0.25) is 0 Å². The Bertz CT molecular complexity index is 1310. The largest absolute Gasteiger partial charge is 0.369 e. The van der Waals surface area contributed by atoms with E-state index in [0.717, 1.165) is 22.5 Å². The summed E-state index contributed by atoms with van der Waals surface area (Å²) in [5, 5.41) is 2.77. The quantitative estimate of drug-likeness (QED) is 0.166. The van der Waals surface area contributed by atoms with Crippen molar-refractivity contribution in [3.8, 4) is 11.1 Å². The summed E-state index contributed by atoms with van der Waals surface area (Å²) in [7, 11) is -8.91. The van der Waals surface area contributed by atoms with E-state index in [9.17, 15) is 13.2 Å². The van der Waals surface area contributed by atoms with Gasteiger partial charge in [-0.1, -0.05) is 30.3 Å². The standard InChI is InChI=1S/C22H23N5O3S.ClHO4/c1-15-12-18(17-6-4-3-5-7-17)13-16(2)27(15)14-21(28)25-19-8-10-20(11-9-19)31(29,30)26-22(23)24;2-1(3,4)5/h3-13H,14H2,1-2H3,(H4-,23,24,25,26,28);(H,2,3,4,5). The van der Waals surface area contributed by atoms with E-state index >= 15 is 0 Å². The molecule has 1 heterocycles. The Morgan fingerprint density at radius 2 is 1.42 bits per heavy atom. The van der Waals surface area contributed by atoms with Crippen LogP contribution >= 0.6 is 0 Å². The fraction of sp³-hybridized carbons (Fsp3) is 0.136. The Balaban J connectivity index is 0.000000830. The van der Waals surface area contributed by atoms with Crippen LogP contribution in [0, 0.1) is 24.1 Å². The number of carbonyl (C=O) groups excluding carboxylic acids is 1. The van der Waals surface area contributed by atoms with Gasteiger partial charge in [0.25, 0.3) is 15.9 Å². The Kier molecular flexibility index (Phi) is 9.47. The van der Waals surface area contributed by atoms with Gasteiger partial charge in [0.1, 0.15) is 0 Å². The number of hydrogen-bond acceptors (Lipinski definition) is 7. The maximum Gasteiger partial charge on any atom is 0.290 e. The summed E-state index contributed by atoms with van der Waals surface area (Å²) in [5.41, 5.74) is 14.8. The Morgan fingerprint density at radius 3 is 1.89 bits per heavy atom. The molecular formula is C22H24ClN5O7S. The summed E-state index contributed by atoms with van der Waals surface area (Å²) in [4.78, 5) is 12.5. The zero-order valence-corrected chi connectivity index (χ0v) is 20.8. The monoisotopic (exact) mass is 537 g/mol. The van der Waals surface area contributed by atoms with Crippen LogP contribution in [-0.4, -0.2) is 20.3 Å². The van der Waals surface area contributed by atoms with Crippen LogP contribution in [0.15, 0.2) is 76.0 Å². The van der Waals surface area contributed by atoms with Crippen molar-refractivity contribution >= 4 is 27.6 Å². The number of sulfonamides is 1. The van der Waals surface area contributed by atoms with Crippen molar-refractivity contribution in [2.24, 2.45) is 15.9 Å². The number of amides is 1. The van der Waals surface area contributed by atoms with Crippen LogP contribution in [0.5, 0.6) is 0 Å². The Labute approximate surface area is 209 Å². The molecule has 0 spiro atoms. The molecule has 0 aliphatic carbocycles. The van der Waals surface area contributed by atoms with E-state index in [1.165, 1.54) is 24.3 Å². The summed E-state index contributed by atoms with van der Waals surface area (Å²) in [6, 6.07) is 19.7. The molecule has 0 aliphatic rings. The van der Waals surface area contributed by atoms with E-state index in [-0.39, 0.29) is 17.3 Å². The first-order valence-corrected chi connectivity index (χ1v) is 12.8. The van der Waals surface area contributed by atoms with Crippen molar-refractivity contribution in [1.29, 1.82) is 0 Å². The average molecular weight is 538 g/mol. The van der Waals surface area contributed by atoms with Crippen LogP contribution in [0.4, 0.5) is 5.69 Å². The fourth-order valence-electron chi connectivity index (χ4n) is 3.22. The van der Waals surface area contributed by atoms with E-state index in [4.69, 9.17) is 30.1 Å². The fourth-order valence-corrected chi connectivity index (χ4v) is 4.08. The van der Waals surface area contributed by atoms with Crippen LogP contribution in [0.1, 0.15) is 11.4 Å². The minimum absolute atomic E-state index is 0.0727. The van der Waals surface area contributed by atoms with Gasteiger partial charge >= 0.3 is 0 Å². The lowest BCUT2D eigenvalue weighted by Crippen LogP contribution is -2.68. The number of nitrogens with two attached hydrogens (primary N) is 2. The van der Waals surface area contributed by atoms with Crippen molar-refractivity contribution in [2.45, 2.75) is 25.3 Å². The van der Waals surface area contributed by atoms with Crippen molar-refractivity contribution in [2.75, 3.05) is 5.32 Å². The molecule has 0 unspecified atom stereocenters. The minimum atomic E-state index is -4.94. The van der Waals surface area contributed by atoms with Crippen molar-refractivity contribution < 1.29 is 46.7 Å². The van der Waals surface area contributed by atoms with Crippen molar-refractivity contribution in [3.05, 3.63) is 78.1 Å². The molecule has 3 rings (SSSR count). The third-order valence-corrected chi connectivity index (χ3v) is 5.97. The summed E-state index contributed by atoms with van der Waals surface area (Å²) in [6.45, 7) is 4.03. The number of aromatic nitrogens is 1. The molecule has 1 amide bonds. The normalized spacial score (nSPS) is 11.2. The number of benzene rings is 2. The summed E-state index contributed by atoms with van der Waals surface area (Å²) in [5.74, 6) is -0.776. The molecule has 0 bridgehead atoms. The summed E-state index contributed by atoms with van der Waals surface area (Å²) in [6.07, 6.45) is 0. The number of guanidine groups is 1. The number of anilines is 1. The third kappa shape index (κ3) is 9.22. The second kappa shape index (κ2) is 11.9. The van der Waals surface area contributed by atoms with Crippen LogP contribution in [-0.2, 0) is 21.4 Å². The van der Waals surface area contributed by atoms with E-state index in [1.54, 1.807) is 0 Å². The highest BCUT2D eigenvalue weighted by atomic mass is 35.7. The molecule has 0 radical (unpaired) electrons. The number of rotatable bonds is 6. The zero-order valence-electron chi connectivity index (χ0n) is 19.3. The molecule has 0 saturated heterocycles. The number of nitrogens with zero attached hydrogens (tertiary/aromatic N) is 2. The van der Waals surface area contributed by atoms with E-state index in [0.29, 0.717) is 5.69 Å². The third-order valence-electron chi connectivity index (χ3n) is 4.65. The molecule has 0 saturated carbocycles. The topological polar surface area (TPSA) is 224 Å². The predicted molar refractivity (Wildman–Crippen MR) is 120 cm³/mol. The number of nitrogens with one attached hydrogen (secondary N) is 1. The highest BCUT2D eigenvalue weighted by molar-refractivity contribution is 7.90. The number of carbonyl (C=O) groups is 1. The maximum atomic E-state index is 12.6. The number of aryl methyl sites for hydroxylation is 2. The zero-order chi connectivity index (χ0) is 27.1. The first kappa shape index (κ1) is 28.6. The van der Waals surface area contributed by atoms with Gasteiger partial charge in [0.15, 0.2) is 11.4 Å². The van der Waals surface area contributed by atoms with Crippen molar-refractivity contribution in [1.82, 2.24) is 0 Å². The Morgan fingerprint density at radius 1 is 0.917 bits per heavy atom. The van der Waals surface area contributed by atoms with E-state index in [2.05, 4.69) is 9.71 Å². The first-order chi connectivity index (χ1) is 16.7. The SMILES string of the molecule is Cc1cc(-c2ccccc2)cc(C)[n+]1CC(=O)Nc1ccc(S(=O)(=O)N=C(N)N)cc1.[O-][Cl+3]([O-])([O-])[O-]. The number of hydrogen-bond donors (Lipinski definition) is 3. The van der Waals surface area contributed by atoms with Gasteiger partial charge in [-0.3, -0.25) is 4.79 Å². The lowest BCUT2D eigenvalue weighted by molar-refractivity contribution is -2.00. The van der Waals surface area contributed by atoms with Crippen molar-refractivity contribution in [3.63, 3.8) is 0 Å². The highest BCUT2D eigenvalue weighted by Crippen LogP contribution is 2.20. The first-order valence-electron chi connectivity index (χ1n) is 10.1. The Hall–Kier alpha value is -3.59. The molecule has 3 aromatic rings. The summed E-state index contributed by atoms with van der Waals surface area (Å²) < 4.78 is 63.1. The van der Waals surface area contributed by atoms with Gasteiger partial charge in [-0.15, -0.1) is 14.6 Å². The lowest BCUT2D eigenvalue weighted by Gasteiger charge is -2.17. The molecule has 192 valence electrons. The molecule has 0 fully saturated rings. The van der Waals surface area contributed by atoms with Gasteiger partial charge in [0.2, 0.25) is 12.5 Å². The molecule has 36 heavy (non-hydrogen) atoms. The van der Waals surface area contributed by atoms with Gasteiger partial charge in [-0.05, 0) is 35.4 Å². The van der Waals surface area contributed by atoms with Gasteiger partial charge < -0.3 is 16.8 Å². The molecule has 0 aliphatic heterocycles. The second-order valence-electron chi connectivity index (χ2n) is 7.42. The van der Waals surface area contributed by atoms with E-state index in [1.807, 2.05) is 60.9 Å². The molecule has 1 aromatic heterocycles. The van der Waals surface area contributed by atoms with Crippen LogP contribution < -0.4 is 40.0 Å². The second-order valence-corrected chi connectivity index (χ2v) is 9.78. The number of pyridine rings is 1. The van der Waals surface area contributed by atoms with E-state index < -0.39 is 26.2 Å². The smallest absolute Gasteiger partial charge is 0.290 e. The van der Waals surface area contributed by atoms with Crippen LogP contribution in [0.3, 0.4) is 0 Å². The van der Waals surface area contributed by atoms with Crippen LogP contribution in [0.25, 0.3) is 11.1 Å². The molecule has 12 nitrogen and oxygen atoms in total. The molecular weight excluding hydrogens is 514 g/mol. The summed E-state index contributed by atoms with van der Waals surface area (Å²) >= 11 is 0. The van der Waals surface area contributed by atoms with Gasteiger partial charge in [0.05, 0.1) is 4.90 Å². The van der Waals surface area contributed by atoms with Gasteiger partial charge in [-0.2, -0.15) is 13.0 Å². The molecule has 0 atom stereocenters. The molecule has 2 aromatic carbocycles.